The molecule has 122 valence electrons. The van der Waals surface area contributed by atoms with Crippen molar-refractivity contribution in [3.63, 3.8) is 0 Å². The maximum Gasteiger partial charge on any atom is 0.416 e. The molecule has 0 spiro atoms. The molecule has 1 N–H and O–H groups in total. The van der Waals surface area contributed by atoms with Crippen LogP contribution < -0.4 is 0 Å². The van der Waals surface area contributed by atoms with Gasteiger partial charge in [0, 0.05) is 6.54 Å². The van der Waals surface area contributed by atoms with Gasteiger partial charge in [-0.1, -0.05) is 18.2 Å². The average molecular weight is 337 g/mol. The van der Waals surface area contributed by atoms with E-state index in [1.807, 2.05) is 0 Å². The van der Waals surface area contributed by atoms with Crippen molar-refractivity contribution in [3.8, 4) is 0 Å². The van der Waals surface area contributed by atoms with Crippen molar-refractivity contribution in [2.45, 2.75) is 30.8 Å². The van der Waals surface area contributed by atoms with E-state index < -0.39 is 39.5 Å². The van der Waals surface area contributed by atoms with Gasteiger partial charge < -0.3 is 5.11 Å². The molecule has 1 aromatic carbocycles. The Morgan fingerprint density at radius 1 is 1.36 bits per heavy atom. The third-order valence-corrected chi connectivity index (χ3v) is 5.30. The van der Waals surface area contributed by atoms with Gasteiger partial charge in [-0.3, -0.25) is 4.79 Å². The highest BCUT2D eigenvalue weighted by Crippen LogP contribution is 2.30. The maximum absolute atomic E-state index is 12.6. The lowest BCUT2D eigenvalue weighted by molar-refractivity contribution is -0.140. The Kier molecular flexibility index (Phi) is 4.48. The Balaban J connectivity index is 2.24. The topological polar surface area (TPSA) is 74.7 Å². The van der Waals surface area contributed by atoms with E-state index in [1.54, 1.807) is 0 Å². The summed E-state index contributed by atoms with van der Waals surface area (Å²) in [6.07, 6.45) is -3.94. The summed E-state index contributed by atoms with van der Waals surface area (Å²) in [5.41, 5.74) is -0.956. The SMILES string of the molecule is O=C(O)[C@H]1CCCN1S(=O)(=O)Cc1cccc(C(F)(F)F)c1. The number of aliphatic carboxylic acids is 1. The van der Waals surface area contributed by atoms with Crippen LogP contribution in [0.25, 0.3) is 0 Å². The second kappa shape index (κ2) is 5.88. The van der Waals surface area contributed by atoms with Gasteiger partial charge in [0.25, 0.3) is 0 Å². The largest absolute Gasteiger partial charge is 0.480 e. The molecule has 9 heteroatoms. The number of benzene rings is 1. The van der Waals surface area contributed by atoms with E-state index >= 15 is 0 Å². The molecule has 1 aromatic rings. The number of halogens is 3. The van der Waals surface area contributed by atoms with Crippen LogP contribution in [0.15, 0.2) is 24.3 Å². The standard InChI is InChI=1S/C13H14F3NO4S/c14-13(15,16)10-4-1-3-9(7-10)8-22(20,21)17-6-2-5-11(17)12(18)19/h1,3-4,7,11H,2,5-6,8H2,(H,18,19)/t11-/m1/s1. The van der Waals surface area contributed by atoms with Gasteiger partial charge in [-0.05, 0) is 24.5 Å². The zero-order chi connectivity index (χ0) is 16.5. The number of alkyl halides is 3. The summed E-state index contributed by atoms with van der Waals surface area (Å²) in [7, 11) is -3.98. The van der Waals surface area contributed by atoms with Crippen molar-refractivity contribution in [2.24, 2.45) is 0 Å². The van der Waals surface area contributed by atoms with Gasteiger partial charge >= 0.3 is 12.1 Å². The molecule has 0 bridgehead atoms. The molecule has 22 heavy (non-hydrogen) atoms. The van der Waals surface area contributed by atoms with Crippen LogP contribution >= 0.6 is 0 Å². The van der Waals surface area contributed by atoms with E-state index in [9.17, 15) is 26.4 Å². The van der Waals surface area contributed by atoms with Crippen molar-refractivity contribution in [1.29, 1.82) is 0 Å². The van der Waals surface area contributed by atoms with Crippen LogP contribution in [-0.2, 0) is 26.7 Å². The number of sulfonamides is 1. The quantitative estimate of drug-likeness (QED) is 0.913. The Hall–Kier alpha value is -1.61. The smallest absolute Gasteiger partial charge is 0.416 e. The molecule has 0 radical (unpaired) electrons. The molecule has 0 unspecified atom stereocenters. The van der Waals surface area contributed by atoms with E-state index in [0.29, 0.717) is 6.42 Å². The fourth-order valence-electron chi connectivity index (χ4n) is 2.45. The van der Waals surface area contributed by atoms with Crippen molar-refractivity contribution in [3.05, 3.63) is 35.4 Å². The van der Waals surface area contributed by atoms with Gasteiger partial charge in [0.05, 0.1) is 11.3 Å². The molecule has 1 fully saturated rings. The molecule has 1 aliphatic heterocycles. The second-order valence-electron chi connectivity index (χ2n) is 5.06. The van der Waals surface area contributed by atoms with Crippen LogP contribution in [0.5, 0.6) is 0 Å². The average Bonchev–Trinajstić information content (AvgIpc) is 2.87. The third kappa shape index (κ3) is 3.58. The number of nitrogens with zero attached hydrogens (tertiary/aromatic N) is 1. The minimum atomic E-state index is -4.56. The molecule has 1 saturated heterocycles. The summed E-state index contributed by atoms with van der Waals surface area (Å²) in [5, 5.41) is 9.01. The fourth-order valence-corrected chi connectivity index (χ4v) is 4.21. The summed E-state index contributed by atoms with van der Waals surface area (Å²) in [6, 6.07) is 2.89. The predicted octanol–water partition coefficient (Wildman–Crippen LogP) is 2.08. The van der Waals surface area contributed by atoms with Gasteiger partial charge in [-0.15, -0.1) is 0 Å². The van der Waals surface area contributed by atoms with E-state index in [0.717, 1.165) is 22.5 Å². The number of carbonyl (C=O) groups is 1. The number of rotatable bonds is 4. The highest BCUT2D eigenvalue weighted by Gasteiger charge is 2.39. The van der Waals surface area contributed by atoms with E-state index in [2.05, 4.69) is 0 Å². The van der Waals surface area contributed by atoms with Crippen molar-refractivity contribution in [1.82, 2.24) is 4.31 Å². The third-order valence-electron chi connectivity index (χ3n) is 3.45. The fraction of sp³-hybridized carbons (Fsp3) is 0.462. The second-order valence-corrected chi connectivity index (χ2v) is 6.98. The molecule has 1 aliphatic rings. The van der Waals surface area contributed by atoms with Crippen LogP contribution in [0.1, 0.15) is 24.0 Å². The molecule has 0 amide bonds. The van der Waals surface area contributed by atoms with Gasteiger partial charge in [0.2, 0.25) is 10.0 Å². The van der Waals surface area contributed by atoms with Crippen LogP contribution in [0, 0.1) is 0 Å². The molecule has 0 aromatic heterocycles. The molecule has 2 rings (SSSR count). The highest BCUT2D eigenvalue weighted by atomic mass is 32.2. The number of hydrogen-bond donors (Lipinski definition) is 1. The predicted molar refractivity (Wildman–Crippen MR) is 71.4 cm³/mol. The lowest BCUT2D eigenvalue weighted by atomic mass is 10.1. The monoisotopic (exact) mass is 337 g/mol. The zero-order valence-corrected chi connectivity index (χ0v) is 12.2. The zero-order valence-electron chi connectivity index (χ0n) is 11.4. The van der Waals surface area contributed by atoms with Gasteiger partial charge in [-0.2, -0.15) is 17.5 Å². The molecule has 0 saturated carbocycles. The first-order chi connectivity index (χ1) is 10.1. The summed E-state index contributed by atoms with van der Waals surface area (Å²) in [5.74, 6) is -1.90. The Labute approximate surface area is 125 Å². The molecule has 0 aliphatic carbocycles. The van der Waals surface area contributed by atoms with Gasteiger partial charge in [0.15, 0.2) is 0 Å². The van der Waals surface area contributed by atoms with Crippen molar-refractivity contribution < 1.29 is 31.5 Å². The summed E-state index contributed by atoms with van der Waals surface area (Å²) >= 11 is 0. The summed E-state index contributed by atoms with van der Waals surface area (Å²) in [4.78, 5) is 11.0. The van der Waals surface area contributed by atoms with Crippen LogP contribution in [0.3, 0.4) is 0 Å². The van der Waals surface area contributed by atoms with Crippen LogP contribution in [-0.4, -0.2) is 36.4 Å². The molecule has 5 nitrogen and oxygen atoms in total. The number of carboxylic acids is 1. The number of hydrogen-bond acceptors (Lipinski definition) is 3. The van der Waals surface area contributed by atoms with Crippen LogP contribution in [0.4, 0.5) is 13.2 Å². The van der Waals surface area contributed by atoms with E-state index in [1.165, 1.54) is 6.07 Å². The lowest BCUT2D eigenvalue weighted by Crippen LogP contribution is -2.40. The Bertz CT molecular complexity index is 672. The highest BCUT2D eigenvalue weighted by molar-refractivity contribution is 7.88. The van der Waals surface area contributed by atoms with E-state index in [4.69, 9.17) is 5.11 Å². The normalized spacial score (nSPS) is 20.2. The summed E-state index contributed by atoms with van der Waals surface area (Å²) in [6.45, 7) is 0.0677. The summed E-state index contributed by atoms with van der Waals surface area (Å²) < 4.78 is 63.3. The van der Waals surface area contributed by atoms with Crippen molar-refractivity contribution >= 4 is 16.0 Å². The first-order valence-electron chi connectivity index (χ1n) is 6.50. The molecular formula is C13H14F3NO4S. The Morgan fingerprint density at radius 2 is 2.05 bits per heavy atom. The number of carboxylic acid groups (broad SMARTS) is 1. The van der Waals surface area contributed by atoms with E-state index in [-0.39, 0.29) is 18.5 Å². The minimum absolute atomic E-state index is 0.0223. The Morgan fingerprint density at radius 3 is 2.64 bits per heavy atom. The first kappa shape index (κ1) is 16.8. The lowest BCUT2D eigenvalue weighted by Gasteiger charge is -2.21. The van der Waals surface area contributed by atoms with Crippen LogP contribution in [0.2, 0.25) is 0 Å². The first-order valence-corrected chi connectivity index (χ1v) is 8.10. The minimum Gasteiger partial charge on any atom is -0.480 e. The maximum atomic E-state index is 12.6. The molecule has 1 heterocycles. The molecule has 1 atom stereocenters. The molecular weight excluding hydrogens is 323 g/mol. The van der Waals surface area contributed by atoms with Gasteiger partial charge in [0.1, 0.15) is 6.04 Å². The van der Waals surface area contributed by atoms with Crippen molar-refractivity contribution in [2.75, 3.05) is 6.54 Å². The van der Waals surface area contributed by atoms with Gasteiger partial charge in [-0.25, -0.2) is 8.42 Å².